The summed E-state index contributed by atoms with van der Waals surface area (Å²) < 4.78 is 7.39. The van der Waals surface area contributed by atoms with E-state index in [0.29, 0.717) is 23.1 Å². The molecule has 0 spiro atoms. The van der Waals surface area contributed by atoms with Crippen molar-refractivity contribution in [3.05, 3.63) is 77.7 Å². The Bertz CT molecular complexity index is 1070. The standard InChI is InChI=1S/C20H17N5O2S/c1-25-18(6-7-24-25)16-10-14(11-21-13-16)12-23-19(26)15-2-4-17(5-3-15)27-20-22-8-9-28-20/h2-11,13H,12H2,1H3,(H,23,26). The molecule has 0 saturated heterocycles. The summed E-state index contributed by atoms with van der Waals surface area (Å²) in [6.07, 6.45) is 6.94. The fourth-order valence-corrected chi connectivity index (χ4v) is 3.21. The van der Waals surface area contributed by atoms with Gasteiger partial charge in [0, 0.05) is 54.9 Å². The van der Waals surface area contributed by atoms with Crippen LogP contribution in [0.3, 0.4) is 0 Å². The second-order valence-corrected chi connectivity index (χ2v) is 6.89. The number of aryl methyl sites for hydroxylation is 1. The molecule has 140 valence electrons. The molecule has 4 aromatic rings. The lowest BCUT2D eigenvalue weighted by molar-refractivity contribution is 0.0951. The average molecular weight is 391 g/mol. The second-order valence-electron chi connectivity index (χ2n) is 6.03. The molecule has 0 saturated carbocycles. The third-order valence-corrected chi connectivity index (χ3v) is 4.74. The van der Waals surface area contributed by atoms with Gasteiger partial charge in [0.15, 0.2) is 0 Å². The molecule has 1 aromatic carbocycles. The monoisotopic (exact) mass is 391 g/mol. The first-order valence-corrected chi connectivity index (χ1v) is 9.45. The van der Waals surface area contributed by atoms with Gasteiger partial charge in [-0.15, -0.1) is 0 Å². The largest absolute Gasteiger partial charge is 0.431 e. The molecule has 0 aliphatic carbocycles. The summed E-state index contributed by atoms with van der Waals surface area (Å²) in [5.74, 6) is 0.478. The van der Waals surface area contributed by atoms with E-state index in [1.54, 1.807) is 53.7 Å². The van der Waals surface area contributed by atoms with Gasteiger partial charge in [-0.3, -0.25) is 14.5 Å². The number of benzene rings is 1. The summed E-state index contributed by atoms with van der Waals surface area (Å²) in [6.45, 7) is 0.384. The quantitative estimate of drug-likeness (QED) is 0.542. The van der Waals surface area contributed by atoms with Gasteiger partial charge in [-0.1, -0.05) is 11.3 Å². The van der Waals surface area contributed by atoms with Crippen molar-refractivity contribution >= 4 is 17.2 Å². The molecule has 7 nitrogen and oxygen atoms in total. The minimum atomic E-state index is -0.160. The van der Waals surface area contributed by atoms with Crippen LogP contribution < -0.4 is 10.1 Å². The van der Waals surface area contributed by atoms with Gasteiger partial charge in [0.05, 0.1) is 5.69 Å². The van der Waals surface area contributed by atoms with E-state index < -0.39 is 0 Å². The predicted octanol–water partition coefficient (Wildman–Crippen LogP) is 3.66. The Labute approximate surface area is 165 Å². The Morgan fingerprint density at radius 2 is 2.04 bits per heavy atom. The van der Waals surface area contributed by atoms with Gasteiger partial charge in [0.1, 0.15) is 5.75 Å². The highest BCUT2D eigenvalue weighted by Gasteiger charge is 2.08. The Kier molecular flexibility index (Phi) is 5.11. The van der Waals surface area contributed by atoms with Crippen LogP contribution in [0.1, 0.15) is 15.9 Å². The summed E-state index contributed by atoms with van der Waals surface area (Å²) in [7, 11) is 1.88. The van der Waals surface area contributed by atoms with Crippen molar-refractivity contribution in [2.24, 2.45) is 7.05 Å². The summed E-state index contributed by atoms with van der Waals surface area (Å²) in [6, 6.07) is 10.9. The number of thiazole rings is 1. The number of nitrogens with zero attached hydrogens (tertiary/aromatic N) is 4. The minimum Gasteiger partial charge on any atom is -0.431 e. The molecular formula is C20H17N5O2S. The second kappa shape index (κ2) is 8.01. The van der Waals surface area contributed by atoms with Crippen molar-refractivity contribution < 1.29 is 9.53 Å². The van der Waals surface area contributed by atoms with Crippen molar-refractivity contribution in [2.75, 3.05) is 0 Å². The molecule has 1 amide bonds. The molecule has 0 aliphatic rings. The third kappa shape index (κ3) is 4.07. The third-order valence-electron chi connectivity index (χ3n) is 4.10. The molecule has 28 heavy (non-hydrogen) atoms. The van der Waals surface area contributed by atoms with Crippen LogP contribution in [0.2, 0.25) is 0 Å². The predicted molar refractivity (Wildman–Crippen MR) is 106 cm³/mol. The first-order valence-electron chi connectivity index (χ1n) is 8.57. The molecule has 3 heterocycles. The van der Waals surface area contributed by atoms with Crippen LogP contribution in [-0.2, 0) is 13.6 Å². The van der Waals surface area contributed by atoms with Gasteiger partial charge < -0.3 is 10.1 Å². The average Bonchev–Trinajstić information content (AvgIpc) is 3.38. The van der Waals surface area contributed by atoms with E-state index in [-0.39, 0.29) is 5.91 Å². The molecule has 0 bridgehead atoms. The highest BCUT2D eigenvalue weighted by molar-refractivity contribution is 7.11. The van der Waals surface area contributed by atoms with Crippen LogP contribution in [-0.4, -0.2) is 25.7 Å². The van der Waals surface area contributed by atoms with Crippen molar-refractivity contribution in [1.82, 2.24) is 25.1 Å². The van der Waals surface area contributed by atoms with Crippen LogP contribution in [0.15, 0.2) is 66.6 Å². The van der Waals surface area contributed by atoms with Crippen LogP contribution in [0, 0.1) is 0 Å². The Hall–Kier alpha value is -3.52. The number of hydrogen-bond acceptors (Lipinski definition) is 6. The fraction of sp³-hybridized carbons (Fsp3) is 0.100. The first-order chi connectivity index (χ1) is 13.7. The molecule has 8 heteroatoms. The topological polar surface area (TPSA) is 81.9 Å². The molecule has 0 fully saturated rings. The smallest absolute Gasteiger partial charge is 0.278 e. The summed E-state index contributed by atoms with van der Waals surface area (Å²) in [5, 5.41) is 9.50. The summed E-state index contributed by atoms with van der Waals surface area (Å²) >= 11 is 1.41. The molecule has 4 rings (SSSR count). The van der Waals surface area contributed by atoms with Gasteiger partial charge in [-0.05, 0) is 42.0 Å². The molecule has 0 atom stereocenters. The van der Waals surface area contributed by atoms with E-state index in [4.69, 9.17) is 4.74 Å². The Balaban J connectivity index is 1.38. The normalized spacial score (nSPS) is 10.6. The number of ether oxygens (including phenoxy) is 1. The molecular weight excluding hydrogens is 374 g/mol. The number of amides is 1. The van der Waals surface area contributed by atoms with Crippen molar-refractivity contribution in [3.63, 3.8) is 0 Å². The number of aromatic nitrogens is 4. The fourth-order valence-electron chi connectivity index (χ4n) is 2.70. The SMILES string of the molecule is Cn1nccc1-c1cncc(CNC(=O)c2ccc(Oc3nccs3)cc2)c1. The van der Waals surface area contributed by atoms with Gasteiger partial charge >= 0.3 is 0 Å². The van der Waals surface area contributed by atoms with Crippen LogP contribution in [0.4, 0.5) is 0 Å². The van der Waals surface area contributed by atoms with E-state index in [0.717, 1.165) is 16.8 Å². The lowest BCUT2D eigenvalue weighted by atomic mass is 10.1. The molecule has 1 N–H and O–H groups in total. The van der Waals surface area contributed by atoms with Gasteiger partial charge in [0.25, 0.3) is 11.1 Å². The van der Waals surface area contributed by atoms with E-state index in [2.05, 4.69) is 20.4 Å². The Morgan fingerprint density at radius 1 is 1.18 bits per heavy atom. The van der Waals surface area contributed by atoms with E-state index in [1.807, 2.05) is 24.6 Å². The van der Waals surface area contributed by atoms with Crippen molar-refractivity contribution in [2.45, 2.75) is 6.54 Å². The number of pyridine rings is 1. The maximum Gasteiger partial charge on any atom is 0.278 e. The Morgan fingerprint density at radius 3 is 2.75 bits per heavy atom. The lowest BCUT2D eigenvalue weighted by Crippen LogP contribution is -2.22. The zero-order valence-electron chi connectivity index (χ0n) is 15.1. The number of rotatable bonds is 6. The van der Waals surface area contributed by atoms with Crippen molar-refractivity contribution in [1.29, 1.82) is 0 Å². The van der Waals surface area contributed by atoms with Crippen molar-refractivity contribution in [3.8, 4) is 22.2 Å². The highest BCUT2D eigenvalue weighted by Crippen LogP contribution is 2.23. The number of carbonyl (C=O) groups excluding carboxylic acids is 1. The summed E-state index contributed by atoms with van der Waals surface area (Å²) in [5.41, 5.74) is 3.39. The van der Waals surface area contributed by atoms with Crippen LogP contribution >= 0.6 is 11.3 Å². The molecule has 0 radical (unpaired) electrons. The molecule has 3 aromatic heterocycles. The summed E-state index contributed by atoms with van der Waals surface area (Å²) in [4.78, 5) is 20.8. The van der Waals surface area contributed by atoms with Crippen LogP contribution in [0.25, 0.3) is 11.3 Å². The number of nitrogens with one attached hydrogen (secondary N) is 1. The van der Waals surface area contributed by atoms with Gasteiger partial charge in [0.2, 0.25) is 0 Å². The molecule has 0 unspecified atom stereocenters. The van der Waals surface area contributed by atoms with Gasteiger partial charge in [-0.25, -0.2) is 4.98 Å². The van der Waals surface area contributed by atoms with Gasteiger partial charge in [-0.2, -0.15) is 5.10 Å². The van der Waals surface area contributed by atoms with E-state index in [1.165, 1.54) is 11.3 Å². The molecule has 0 aliphatic heterocycles. The zero-order chi connectivity index (χ0) is 19.3. The number of carbonyl (C=O) groups is 1. The highest BCUT2D eigenvalue weighted by atomic mass is 32.1. The lowest BCUT2D eigenvalue weighted by Gasteiger charge is -2.08. The number of hydrogen-bond donors (Lipinski definition) is 1. The van der Waals surface area contributed by atoms with Crippen LogP contribution in [0.5, 0.6) is 10.9 Å². The zero-order valence-corrected chi connectivity index (χ0v) is 15.9. The van der Waals surface area contributed by atoms with E-state index in [9.17, 15) is 4.79 Å². The maximum atomic E-state index is 12.4. The minimum absolute atomic E-state index is 0.160. The maximum absolute atomic E-state index is 12.4. The first kappa shape index (κ1) is 17.9. The van der Waals surface area contributed by atoms with E-state index >= 15 is 0 Å².